The predicted molar refractivity (Wildman–Crippen MR) is 117 cm³/mol. The van der Waals surface area contributed by atoms with E-state index in [1.54, 1.807) is 6.07 Å². The van der Waals surface area contributed by atoms with Gasteiger partial charge in [-0.25, -0.2) is 22.0 Å². The van der Waals surface area contributed by atoms with Crippen molar-refractivity contribution in [2.75, 3.05) is 20.1 Å². The fourth-order valence-corrected chi connectivity index (χ4v) is 5.26. The summed E-state index contributed by atoms with van der Waals surface area (Å²) in [4.78, 5) is 25.8. The summed E-state index contributed by atoms with van der Waals surface area (Å²) in [5.74, 6) is -2.88. The molecule has 1 atom stereocenters. The molecule has 1 aliphatic heterocycles. The molecule has 178 valence electrons. The van der Waals surface area contributed by atoms with E-state index in [2.05, 4.69) is 0 Å². The highest BCUT2D eigenvalue weighted by Crippen LogP contribution is 2.24. The predicted octanol–water partition coefficient (Wildman–Crippen LogP) is 3.34. The van der Waals surface area contributed by atoms with Crippen molar-refractivity contribution in [1.82, 2.24) is 9.21 Å². The Morgan fingerprint density at radius 1 is 1.09 bits per heavy atom. The number of carbonyl (C=O) groups is 2. The van der Waals surface area contributed by atoms with Crippen molar-refractivity contribution >= 4 is 21.9 Å². The summed E-state index contributed by atoms with van der Waals surface area (Å²) in [6.07, 6.45) is 1.08. The zero-order valence-electron chi connectivity index (χ0n) is 18.5. The van der Waals surface area contributed by atoms with E-state index in [1.165, 1.54) is 41.4 Å². The summed E-state index contributed by atoms with van der Waals surface area (Å²) in [6.45, 7) is 2.06. The highest BCUT2D eigenvalue weighted by atomic mass is 32.2. The van der Waals surface area contributed by atoms with Crippen LogP contribution in [0, 0.1) is 11.6 Å². The quantitative estimate of drug-likeness (QED) is 0.568. The number of piperidine rings is 1. The van der Waals surface area contributed by atoms with Gasteiger partial charge in [0, 0.05) is 26.7 Å². The molecular formula is C23H26F2N2O5S. The standard InChI is InChI=1S/C23H26F2N2O5S/c1-16(22(28)26(2)15-17-7-6-8-19(24)13-17)32-23(29)18-9-10-20(25)21(14-18)33(30,31)27-11-4-3-5-12-27/h6-10,13-14,16H,3-5,11-12,15H2,1-2H3. The molecule has 0 spiro atoms. The van der Waals surface area contributed by atoms with E-state index in [0.29, 0.717) is 31.5 Å². The van der Waals surface area contributed by atoms with Gasteiger partial charge >= 0.3 is 5.97 Å². The summed E-state index contributed by atoms with van der Waals surface area (Å²) in [7, 11) is -2.62. The van der Waals surface area contributed by atoms with Crippen LogP contribution in [0.2, 0.25) is 0 Å². The van der Waals surface area contributed by atoms with Crippen molar-refractivity contribution in [3.05, 3.63) is 65.2 Å². The molecule has 0 aromatic heterocycles. The lowest BCUT2D eigenvalue weighted by molar-refractivity contribution is -0.139. The summed E-state index contributed by atoms with van der Waals surface area (Å²) in [5, 5.41) is 0. The molecule has 0 saturated carbocycles. The van der Waals surface area contributed by atoms with Gasteiger partial charge in [0.1, 0.15) is 16.5 Å². The van der Waals surface area contributed by atoms with Gasteiger partial charge < -0.3 is 9.64 Å². The minimum absolute atomic E-state index is 0.104. The molecule has 1 unspecified atom stereocenters. The van der Waals surface area contributed by atoms with Gasteiger partial charge in [0.05, 0.1) is 5.56 Å². The molecule has 1 aliphatic rings. The normalized spacial score (nSPS) is 15.6. The van der Waals surface area contributed by atoms with Crippen LogP contribution < -0.4 is 0 Å². The Kier molecular flexibility index (Phi) is 7.80. The maximum absolute atomic E-state index is 14.4. The lowest BCUT2D eigenvalue weighted by Crippen LogP contribution is -2.37. The van der Waals surface area contributed by atoms with Gasteiger partial charge in [-0.15, -0.1) is 0 Å². The molecule has 2 aromatic carbocycles. The van der Waals surface area contributed by atoms with E-state index in [1.807, 2.05) is 0 Å². The fourth-order valence-electron chi connectivity index (χ4n) is 3.65. The van der Waals surface area contributed by atoms with E-state index in [9.17, 15) is 26.8 Å². The van der Waals surface area contributed by atoms with Gasteiger partial charge in [0.25, 0.3) is 5.91 Å². The Bertz CT molecular complexity index is 1130. The molecule has 3 rings (SSSR count). The van der Waals surface area contributed by atoms with Crippen molar-refractivity contribution in [1.29, 1.82) is 0 Å². The molecule has 0 bridgehead atoms. The van der Waals surface area contributed by atoms with Crippen molar-refractivity contribution < 1.29 is 31.5 Å². The number of sulfonamides is 1. The van der Waals surface area contributed by atoms with Crippen LogP contribution >= 0.6 is 0 Å². The zero-order chi connectivity index (χ0) is 24.2. The highest BCUT2D eigenvalue weighted by Gasteiger charge is 2.30. The van der Waals surface area contributed by atoms with Gasteiger partial charge in [-0.3, -0.25) is 4.79 Å². The Balaban J connectivity index is 1.70. The largest absolute Gasteiger partial charge is 0.449 e. The third kappa shape index (κ3) is 5.94. The summed E-state index contributed by atoms with van der Waals surface area (Å²) >= 11 is 0. The van der Waals surface area contributed by atoms with Crippen molar-refractivity contribution in [3.8, 4) is 0 Å². The van der Waals surface area contributed by atoms with Crippen LogP contribution in [-0.2, 0) is 26.1 Å². The minimum Gasteiger partial charge on any atom is -0.449 e. The molecule has 1 amide bonds. The Morgan fingerprint density at radius 3 is 2.45 bits per heavy atom. The third-order valence-electron chi connectivity index (χ3n) is 5.42. The van der Waals surface area contributed by atoms with Gasteiger partial charge in [-0.2, -0.15) is 4.31 Å². The molecular weight excluding hydrogens is 454 g/mol. The number of benzene rings is 2. The Morgan fingerprint density at radius 2 is 1.79 bits per heavy atom. The summed E-state index contributed by atoms with van der Waals surface area (Å²) < 4.78 is 59.8. The fraction of sp³-hybridized carbons (Fsp3) is 0.391. The van der Waals surface area contributed by atoms with Crippen molar-refractivity contribution in [3.63, 3.8) is 0 Å². The van der Waals surface area contributed by atoms with Gasteiger partial charge in [-0.05, 0) is 55.7 Å². The number of rotatable bonds is 7. The first kappa shape index (κ1) is 24.8. The second-order valence-corrected chi connectivity index (χ2v) is 9.89. The van der Waals surface area contributed by atoms with Crippen LogP contribution in [0.1, 0.15) is 42.1 Å². The SMILES string of the molecule is CC(OC(=O)c1ccc(F)c(S(=O)(=O)N2CCCCC2)c1)C(=O)N(C)Cc1cccc(F)c1. The lowest BCUT2D eigenvalue weighted by atomic mass is 10.2. The van der Waals surface area contributed by atoms with Crippen LogP contribution in [0.15, 0.2) is 47.4 Å². The van der Waals surface area contributed by atoms with E-state index < -0.39 is 44.5 Å². The lowest BCUT2D eigenvalue weighted by Gasteiger charge is -2.26. The number of hydrogen-bond donors (Lipinski definition) is 0. The number of likely N-dealkylation sites (N-methyl/N-ethyl adjacent to an activating group) is 1. The first-order chi connectivity index (χ1) is 15.6. The zero-order valence-corrected chi connectivity index (χ0v) is 19.3. The first-order valence-corrected chi connectivity index (χ1v) is 12.0. The van der Waals surface area contributed by atoms with Crippen LogP contribution in [0.4, 0.5) is 8.78 Å². The average molecular weight is 481 g/mol. The molecule has 10 heteroatoms. The number of halogens is 2. The summed E-state index contributed by atoms with van der Waals surface area (Å²) in [6, 6.07) is 8.72. The number of carbonyl (C=O) groups excluding carboxylic acids is 2. The number of hydrogen-bond acceptors (Lipinski definition) is 5. The first-order valence-electron chi connectivity index (χ1n) is 10.6. The Hall–Kier alpha value is -2.85. The number of esters is 1. The van der Waals surface area contributed by atoms with Crippen molar-refractivity contribution in [2.24, 2.45) is 0 Å². The minimum atomic E-state index is -4.10. The molecule has 1 fully saturated rings. The van der Waals surface area contributed by atoms with Crippen LogP contribution in [-0.4, -0.2) is 55.7 Å². The molecule has 33 heavy (non-hydrogen) atoms. The molecule has 0 aliphatic carbocycles. The van der Waals surface area contributed by atoms with Gasteiger partial charge in [0.15, 0.2) is 6.10 Å². The second kappa shape index (κ2) is 10.4. The maximum Gasteiger partial charge on any atom is 0.338 e. The number of nitrogens with zero attached hydrogens (tertiary/aromatic N) is 2. The molecule has 7 nitrogen and oxygen atoms in total. The van der Waals surface area contributed by atoms with Gasteiger partial charge in [0.2, 0.25) is 10.0 Å². The van der Waals surface area contributed by atoms with Crippen molar-refractivity contribution in [2.45, 2.75) is 43.7 Å². The van der Waals surface area contributed by atoms with Crippen LogP contribution in [0.25, 0.3) is 0 Å². The monoisotopic (exact) mass is 480 g/mol. The highest BCUT2D eigenvalue weighted by molar-refractivity contribution is 7.89. The molecule has 0 N–H and O–H groups in total. The van der Waals surface area contributed by atoms with Crippen LogP contribution in [0.3, 0.4) is 0 Å². The smallest absolute Gasteiger partial charge is 0.338 e. The molecule has 1 saturated heterocycles. The van der Waals surface area contributed by atoms with E-state index in [-0.39, 0.29) is 12.1 Å². The summed E-state index contributed by atoms with van der Waals surface area (Å²) in [5.41, 5.74) is 0.384. The number of amides is 1. The maximum atomic E-state index is 14.4. The third-order valence-corrected chi connectivity index (χ3v) is 7.33. The topological polar surface area (TPSA) is 84.0 Å². The Labute approximate surface area is 192 Å². The average Bonchev–Trinajstić information content (AvgIpc) is 2.79. The number of ether oxygens (including phenoxy) is 1. The molecule has 2 aromatic rings. The van der Waals surface area contributed by atoms with Crippen LogP contribution in [0.5, 0.6) is 0 Å². The van der Waals surface area contributed by atoms with E-state index >= 15 is 0 Å². The molecule has 1 heterocycles. The van der Waals surface area contributed by atoms with E-state index in [0.717, 1.165) is 24.6 Å². The van der Waals surface area contributed by atoms with E-state index in [4.69, 9.17) is 4.74 Å². The second-order valence-electron chi connectivity index (χ2n) is 7.98. The molecule has 0 radical (unpaired) electrons. The van der Waals surface area contributed by atoms with Gasteiger partial charge in [-0.1, -0.05) is 18.6 Å².